The molecular weight excluding hydrogens is 469 g/mol. The number of ether oxygens (including phenoxy) is 2. The molecule has 3 aromatic carbocycles. The van der Waals surface area contributed by atoms with E-state index < -0.39 is 17.8 Å². The average molecular weight is 486 g/mol. The summed E-state index contributed by atoms with van der Waals surface area (Å²) in [5.74, 6) is -2.00. The fourth-order valence-electron chi connectivity index (χ4n) is 2.56. The van der Waals surface area contributed by atoms with Crippen molar-refractivity contribution in [1.29, 1.82) is 0 Å². The Morgan fingerprint density at radius 3 is 2.33 bits per heavy atom. The van der Waals surface area contributed by atoms with Gasteiger partial charge in [-0.25, -0.2) is 10.2 Å². The first kappa shape index (κ1) is 23.8. The molecule has 0 saturated carbocycles. The molecule has 168 valence electrons. The summed E-state index contributed by atoms with van der Waals surface area (Å²) in [6, 6.07) is 17.3. The number of rotatable bonds is 6. The highest BCUT2D eigenvalue weighted by atomic mass is 35.5. The Bertz CT molecular complexity index is 1210. The van der Waals surface area contributed by atoms with Crippen LogP contribution in [0.3, 0.4) is 0 Å². The number of esters is 1. The molecule has 0 unspecified atom stereocenters. The molecule has 3 rings (SSSR count). The Morgan fingerprint density at radius 2 is 1.64 bits per heavy atom. The molecule has 2 amide bonds. The van der Waals surface area contributed by atoms with Gasteiger partial charge in [0.15, 0.2) is 11.5 Å². The highest BCUT2D eigenvalue weighted by Gasteiger charge is 2.14. The minimum Gasteiger partial charge on any atom is -0.493 e. The molecule has 0 heterocycles. The largest absolute Gasteiger partial charge is 0.493 e. The third-order valence-electron chi connectivity index (χ3n) is 4.14. The second-order valence-electron chi connectivity index (χ2n) is 6.47. The van der Waals surface area contributed by atoms with Gasteiger partial charge in [0.1, 0.15) is 0 Å². The lowest BCUT2D eigenvalue weighted by Crippen LogP contribution is -2.32. The molecule has 8 nitrogen and oxygen atoms in total. The van der Waals surface area contributed by atoms with Crippen molar-refractivity contribution in [3.8, 4) is 11.5 Å². The van der Waals surface area contributed by atoms with Crippen molar-refractivity contribution in [2.24, 2.45) is 5.10 Å². The molecule has 0 atom stereocenters. The number of hydrogen-bond donors (Lipinski definition) is 2. The van der Waals surface area contributed by atoms with Crippen LogP contribution < -0.4 is 20.2 Å². The van der Waals surface area contributed by atoms with E-state index in [2.05, 4.69) is 15.8 Å². The van der Waals surface area contributed by atoms with Crippen molar-refractivity contribution in [2.45, 2.75) is 0 Å². The SMILES string of the molecule is COc1cc(/C=N/NC(=O)C(=O)Nc2ccc(Cl)cc2)ccc1OC(=O)c1cccc(Cl)c1. The fourth-order valence-corrected chi connectivity index (χ4v) is 2.88. The van der Waals surface area contributed by atoms with Crippen LogP contribution in [-0.4, -0.2) is 31.1 Å². The molecule has 10 heteroatoms. The lowest BCUT2D eigenvalue weighted by atomic mass is 10.2. The van der Waals surface area contributed by atoms with Crippen LogP contribution in [0.15, 0.2) is 71.8 Å². The molecule has 0 aromatic heterocycles. The van der Waals surface area contributed by atoms with Crippen molar-refractivity contribution >= 4 is 52.9 Å². The van der Waals surface area contributed by atoms with Gasteiger partial charge in [0.25, 0.3) is 0 Å². The summed E-state index contributed by atoms with van der Waals surface area (Å²) in [4.78, 5) is 36.1. The zero-order valence-corrected chi connectivity index (χ0v) is 18.7. The van der Waals surface area contributed by atoms with Crippen molar-refractivity contribution in [1.82, 2.24) is 5.43 Å². The topological polar surface area (TPSA) is 106 Å². The zero-order valence-electron chi connectivity index (χ0n) is 17.2. The monoisotopic (exact) mass is 485 g/mol. The minimum atomic E-state index is -0.958. The third kappa shape index (κ3) is 6.80. The highest BCUT2D eigenvalue weighted by Crippen LogP contribution is 2.28. The molecule has 0 bridgehead atoms. The van der Waals surface area contributed by atoms with E-state index >= 15 is 0 Å². The summed E-state index contributed by atoms with van der Waals surface area (Å²) in [6.45, 7) is 0. The molecule has 0 saturated heterocycles. The molecule has 0 aliphatic heterocycles. The Kier molecular flexibility index (Phi) is 8.01. The highest BCUT2D eigenvalue weighted by molar-refractivity contribution is 6.39. The lowest BCUT2D eigenvalue weighted by Gasteiger charge is -2.10. The Morgan fingerprint density at radius 1 is 0.879 bits per heavy atom. The predicted octanol–water partition coefficient (Wildman–Crippen LogP) is 4.31. The van der Waals surface area contributed by atoms with Gasteiger partial charge < -0.3 is 14.8 Å². The Labute approximate surface area is 199 Å². The third-order valence-corrected chi connectivity index (χ3v) is 4.63. The fraction of sp³-hybridized carbons (Fsp3) is 0.0435. The maximum atomic E-state index is 12.3. The molecule has 33 heavy (non-hydrogen) atoms. The lowest BCUT2D eigenvalue weighted by molar-refractivity contribution is -0.136. The number of carbonyl (C=O) groups excluding carboxylic acids is 3. The van der Waals surface area contributed by atoms with Crippen molar-refractivity contribution in [3.63, 3.8) is 0 Å². The molecule has 2 N–H and O–H groups in total. The first-order valence-electron chi connectivity index (χ1n) is 9.41. The number of carbonyl (C=O) groups is 3. The van der Waals surface area contributed by atoms with Crippen LogP contribution in [0, 0.1) is 0 Å². The number of nitrogens with one attached hydrogen (secondary N) is 2. The van der Waals surface area contributed by atoms with Gasteiger partial charge in [-0.05, 0) is 66.2 Å². The maximum Gasteiger partial charge on any atom is 0.343 e. The van der Waals surface area contributed by atoms with Crippen LogP contribution >= 0.6 is 23.2 Å². The van der Waals surface area contributed by atoms with E-state index in [0.29, 0.717) is 21.3 Å². The van der Waals surface area contributed by atoms with Crippen LogP contribution in [0.5, 0.6) is 11.5 Å². The van der Waals surface area contributed by atoms with Crippen LogP contribution in [-0.2, 0) is 9.59 Å². The summed E-state index contributed by atoms with van der Waals surface area (Å²) < 4.78 is 10.6. The van der Waals surface area contributed by atoms with Gasteiger partial charge in [0.2, 0.25) is 0 Å². The van der Waals surface area contributed by atoms with Gasteiger partial charge in [-0.1, -0.05) is 29.3 Å². The smallest absolute Gasteiger partial charge is 0.343 e. The average Bonchev–Trinajstić information content (AvgIpc) is 2.81. The van der Waals surface area contributed by atoms with Gasteiger partial charge in [-0.2, -0.15) is 5.10 Å². The standard InChI is InChI=1S/C23H17Cl2N3O5/c1-32-20-11-14(5-10-19(20)33-23(31)15-3-2-4-17(25)12-15)13-26-28-22(30)21(29)27-18-8-6-16(24)7-9-18/h2-13H,1H3,(H,27,29)(H,28,30)/b26-13+. The normalized spacial score (nSPS) is 10.5. The second kappa shape index (κ2) is 11.1. The van der Waals surface area contributed by atoms with E-state index in [-0.39, 0.29) is 17.1 Å². The van der Waals surface area contributed by atoms with E-state index in [4.69, 9.17) is 32.7 Å². The van der Waals surface area contributed by atoms with Crippen molar-refractivity contribution < 1.29 is 23.9 Å². The molecule has 3 aromatic rings. The van der Waals surface area contributed by atoms with Gasteiger partial charge in [-0.15, -0.1) is 0 Å². The van der Waals surface area contributed by atoms with Crippen molar-refractivity contribution in [3.05, 3.63) is 87.9 Å². The quantitative estimate of drug-likeness (QED) is 0.178. The summed E-state index contributed by atoms with van der Waals surface area (Å²) in [5.41, 5.74) is 3.35. The number of benzene rings is 3. The molecule has 0 aliphatic carbocycles. The molecular formula is C23H17Cl2N3O5. The number of anilines is 1. The number of nitrogens with zero attached hydrogens (tertiary/aromatic N) is 1. The number of methoxy groups -OCH3 is 1. The van der Waals surface area contributed by atoms with Crippen LogP contribution in [0.1, 0.15) is 15.9 Å². The van der Waals surface area contributed by atoms with Crippen LogP contribution in [0.25, 0.3) is 0 Å². The maximum absolute atomic E-state index is 12.3. The van der Waals surface area contributed by atoms with E-state index in [1.54, 1.807) is 54.6 Å². The summed E-state index contributed by atoms with van der Waals surface area (Å²) in [7, 11) is 1.41. The van der Waals surface area contributed by atoms with E-state index in [1.165, 1.54) is 25.5 Å². The van der Waals surface area contributed by atoms with Crippen LogP contribution in [0.4, 0.5) is 5.69 Å². The van der Waals surface area contributed by atoms with Crippen LogP contribution in [0.2, 0.25) is 10.0 Å². The van der Waals surface area contributed by atoms with E-state index in [0.717, 1.165) is 0 Å². The number of hydrogen-bond acceptors (Lipinski definition) is 6. The van der Waals surface area contributed by atoms with Gasteiger partial charge in [-0.3, -0.25) is 9.59 Å². The number of hydrazone groups is 1. The molecule has 0 aliphatic rings. The first-order chi connectivity index (χ1) is 15.9. The van der Waals surface area contributed by atoms with Gasteiger partial charge in [0.05, 0.1) is 18.9 Å². The summed E-state index contributed by atoms with van der Waals surface area (Å²) in [5, 5.41) is 7.09. The second-order valence-corrected chi connectivity index (χ2v) is 7.34. The summed E-state index contributed by atoms with van der Waals surface area (Å²) >= 11 is 11.7. The van der Waals surface area contributed by atoms with E-state index in [1.807, 2.05) is 0 Å². The molecule has 0 radical (unpaired) electrons. The Balaban J connectivity index is 1.60. The molecule has 0 fully saturated rings. The number of amides is 2. The Hall–Kier alpha value is -3.88. The van der Waals surface area contributed by atoms with Gasteiger partial charge >= 0.3 is 17.8 Å². The molecule has 0 spiro atoms. The minimum absolute atomic E-state index is 0.186. The summed E-state index contributed by atoms with van der Waals surface area (Å²) in [6.07, 6.45) is 1.30. The predicted molar refractivity (Wildman–Crippen MR) is 125 cm³/mol. The number of halogens is 2. The zero-order chi connectivity index (χ0) is 23.8. The first-order valence-corrected chi connectivity index (χ1v) is 10.2. The van der Waals surface area contributed by atoms with Gasteiger partial charge in [0, 0.05) is 15.7 Å². The van der Waals surface area contributed by atoms with E-state index in [9.17, 15) is 14.4 Å². The van der Waals surface area contributed by atoms with Crippen molar-refractivity contribution in [2.75, 3.05) is 12.4 Å².